The van der Waals surface area contributed by atoms with Crippen molar-refractivity contribution in [3.63, 3.8) is 0 Å². The molecule has 7 heteroatoms. The molecule has 0 atom stereocenters. The summed E-state index contributed by atoms with van der Waals surface area (Å²) in [7, 11) is 4.74. The number of nitrogens with one attached hydrogen (secondary N) is 1. The molecule has 0 bridgehead atoms. The number of methoxy groups -OCH3 is 3. The van der Waals surface area contributed by atoms with E-state index in [0.29, 0.717) is 23.6 Å². The maximum Gasteiger partial charge on any atom is 0.261 e. The topological polar surface area (TPSA) is 78.4 Å². The second-order valence-electron chi connectivity index (χ2n) is 5.24. The van der Waals surface area contributed by atoms with Crippen LogP contribution in [0.15, 0.2) is 47.6 Å². The number of rotatable bonds is 9. The van der Waals surface area contributed by atoms with Crippen LogP contribution in [0.3, 0.4) is 0 Å². The molecule has 2 aromatic carbocycles. The summed E-state index contributed by atoms with van der Waals surface area (Å²) in [6, 6.07) is 12.7. The van der Waals surface area contributed by atoms with Crippen LogP contribution in [0.2, 0.25) is 0 Å². The summed E-state index contributed by atoms with van der Waals surface area (Å²) in [5.41, 5.74) is 1.65. The molecule has 2 aromatic rings. The van der Waals surface area contributed by atoms with Crippen LogP contribution in [0.25, 0.3) is 0 Å². The van der Waals surface area contributed by atoms with Crippen LogP contribution in [0.1, 0.15) is 11.1 Å². The van der Waals surface area contributed by atoms with Crippen molar-refractivity contribution in [3.8, 4) is 17.2 Å². The first-order chi connectivity index (χ1) is 12.7. The Morgan fingerprint density at radius 1 is 1.00 bits per heavy atom. The molecule has 0 spiro atoms. The molecule has 0 saturated heterocycles. The monoisotopic (exact) mass is 358 g/mol. The van der Waals surface area contributed by atoms with Crippen LogP contribution in [0.5, 0.6) is 17.2 Å². The van der Waals surface area contributed by atoms with E-state index in [0.717, 1.165) is 11.3 Å². The minimum absolute atomic E-state index is 0.182. The first kappa shape index (κ1) is 19.1. The lowest BCUT2D eigenvalue weighted by molar-refractivity contribution is -0.125. The molecule has 1 amide bonds. The smallest absolute Gasteiger partial charge is 0.261 e. The number of ether oxygens (including phenoxy) is 3. The molecule has 0 radical (unpaired) electrons. The van der Waals surface area contributed by atoms with Crippen molar-refractivity contribution in [2.75, 3.05) is 27.9 Å². The molecule has 2 rings (SSSR count). The van der Waals surface area contributed by atoms with Gasteiger partial charge in [-0.15, -0.1) is 0 Å². The number of amides is 1. The zero-order chi connectivity index (χ0) is 18.8. The third kappa shape index (κ3) is 5.70. The van der Waals surface area contributed by atoms with Crippen LogP contribution >= 0.6 is 0 Å². The highest BCUT2D eigenvalue weighted by Gasteiger charge is 2.04. The van der Waals surface area contributed by atoms with Gasteiger partial charge < -0.3 is 24.4 Å². The average Bonchev–Trinajstić information content (AvgIpc) is 2.69. The van der Waals surface area contributed by atoms with Crippen molar-refractivity contribution in [1.82, 2.24) is 5.32 Å². The minimum Gasteiger partial charge on any atom is -0.497 e. The summed E-state index contributed by atoms with van der Waals surface area (Å²) in [4.78, 5) is 16.8. The molecular formula is C19H22N2O5. The highest BCUT2D eigenvalue weighted by Crippen LogP contribution is 2.22. The maximum atomic E-state index is 11.8. The predicted octanol–water partition coefficient (Wildman–Crippen LogP) is 2.38. The van der Waals surface area contributed by atoms with Gasteiger partial charge in [-0.25, -0.2) is 0 Å². The van der Waals surface area contributed by atoms with Crippen molar-refractivity contribution in [2.24, 2.45) is 5.16 Å². The maximum absolute atomic E-state index is 11.8. The Morgan fingerprint density at radius 3 is 2.35 bits per heavy atom. The van der Waals surface area contributed by atoms with Crippen molar-refractivity contribution in [3.05, 3.63) is 53.6 Å². The lowest BCUT2D eigenvalue weighted by Gasteiger charge is -2.07. The lowest BCUT2D eigenvalue weighted by atomic mass is 10.2. The Kier molecular flexibility index (Phi) is 7.30. The standard InChI is InChI=1S/C19H22N2O5/c1-23-16-6-4-14(5-7-16)11-20-19(22)13-26-21-12-15-10-17(24-2)8-9-18(15)25-3/h4-10,12H,11,13H2,1-3H3,(H,20,22)/b21-12-. The van der Waals surface area contributed by atoms with Gasteiger partial charge in [-0.3, -0.25) is 4.79 Å². The SMILES string of the molecule is COc1ccc(CNC(=O)CO/N=C\c2cc(OC)ccc2OC)cc1. The Bertz CT molecular complexity index is 744. The van der Waals surface area contributed by atoms with E-state index in [1.165, 1.54) is 6.21 Å². The highest BCUT2D eigenvalue weighted by molar-refractivity contribution is 5.84. The molecule has 0 aliphatic heterocycles. The zero-order valence-corrected chi connectivity index (χ0v) is 15.0. The van der Waals surface area contributed by atoms with Gasteiger partial charge in [-0.05, 0) is 35.9 Å². The molecule has 0 fully saturated rings. The summed E-state index contributed by atoms with van der Waals surface area (Å²) in [5, 5.41) is 6.56. The van der Waals surface area contributed by atoms with E-state index >= 15 is 0 Å². The first-order valence-corrected chi connectivity index (χ1v) is 7.93. The second kappa shape index (κ2) is 9.93. The van der Waals surface area contributed by atoms with Crippen molar-refractivity contribution >= 4 is 12.1 Å². The third-order valence-corrected chi connectivity index (χ3v) is 3.55. The van der Waals surface area contributed by atoms with Gasteiger partial charge in [0.25, 0.3) is 5.91 Å². The molecule has 0 unspecified atom stereocenters. The number of hydrogen-bond donors (Lipinski definition) is 1. The summed E-state index contributed by atoms with van der Waals surface area (Å²) in [6.45, 7) is 0.221. The largest absolute Gasteiger partial charge is 0.497 e. The number of carbonyl (C=O) groups is 1. The van der Waals surface area contributed by atoms with Crippen LogP contribution in [0.4, 0.5) is 0 Å². The van der Waals surface area contributed by atoms with E-state index < -0.39 is 0 Å². The Balaban J connectivity index is 1.79. The number of nitrogens with zero attached hydrogens (tertiary/aromatic N) is 1. The summed E-state index contributed by atoms with van der Waals surface area (Å²) >= 11 is 0. The number of oxime groups is 1. The highest BCUT2D eigenvalue weighted by atomic mass is 16.6. The average molecular weight is 358 g/mol. The quantitative estimate of drug-likeness (QED) is 0.550. The zero-order valence-electron chi connectivity index (χ0n) is 15.0. The van der Waals surface area contributed by atoms with Gasteiger partial charge >= 0.3 is 0 Å². The predicted molar refractivity (Wildman–Crippen MR) is 97.9 cm³/mol. The molecule has 0 heterocycles. The van der Waals surface area contributed by atoms with E-state index in [2.05, 4.69) is 10.5 Å². The molecule has 26 heavy (non-hydrogen) atoms. The van der Waals surface area contributed by atoms with Crippen LogP contribution < -0.4 is 19.5 Å². The Hall–Kier alpha value is -3.22. The third-order valence-electron chi connectivity index (χ3n) is 3.55. The van der Waals surface area contributed by atoms with Gasteiger partial charge in [-0.2, -0.15) is 0 Å². The first-order valence-electron chi connectivity index (χ1n) is 7.93. The van der Waals surface area contributed by atoms with Gasteiger partial charge in [-0.1, -0.05) is 17.3 Å². The number of benzene rings is 2. The van der Waals surface area contributed by atoms with Crippen molar-refractivity contribution < 1.29 is 23.8 Å². The van der Waals surface area contributed by atoms with E-state index in [9.17, 15) is 4.79 Å². The summed E-state index contributed by atoms with van der Waals surface area (Å²) in [6.07, 6.45) is 1.47. The Morgan fingerprint density at radius 2 is 1.69 bits per heavy atom. The molecule has 1 N–H and O–H groups in total. The van der Waals surface area contributed by atoms with E-state index in [1.54, 1.807) is 39.5 Å². The summed E-state index contributed by atoms with van der Waals surface area (Å²) in [5.74, 6) is 1.80. The second-order valence-corrected chi connectivity index (χ2v) is 5.24. The Labute approximate surface area is 152 Å². The molecule has 0 aromatic heterocycles. The van der Waals surface area contributed by atoms with E-state index in [4.69, 9.17) is 19.0 Å². The number of hydrogen-bond acceptors (Lipinski definition) is 6. The van der Waals surface area contributed by atoms with Gasteiger partial charge in [0.15, 0.2) is 6.61 Å². The van der Waals surface area contributed by atoms with Crippen molar-refractivity contribution in [1.29, 1.82) is 0 Å². The molecule has 0 aliphatic carbocycles. The molecule has 0 aliphatic rings. The van der Waals surface area contributed by atoms with Crippen LogP contribution in [-0.4, -0.2) is 40.1 Å². The van der Waals surface area contributed by atoms with Crippen molar-refractivity contribution in [2.45, 2.75) is 6.54 Å². The fraction of sp³-hybridized carbons (Fsp3) is 0.263. The fourth-order valence-corrected chi connectivity index (χ4v) is 2.13. The lowest BCUT2D eigenvalue weighted by Crippen LogP contribution is -2.26. The summed E-state index contributed by atoms with van der Waals surface area (Å²) < 4.78 is 15.5. The van der Waals surface area contributed by atoms with E-state index in [1.807, 2.05) is 24.3 Å². The van der Waals surface area contributed by atoms with E-state index in [-0.39, 0.29) is 12.5 Å². The molecule has 138 valence electrons. The van der Waals surface area contributed by atoms with Gasteiger partial charge in [0.05, 0.1) is 27.5 Å². The van der Waals surface area contributed by atoms with Crippen LogP contribution in [-0.2, 0) is 16.2 Å². The molecular weight excluding hydrogens is 336 g/mol. The molecule has 0 saturated carbocycles. The number of carbonyl (C=O) groups excluding carboxylic acids is 1. The molecule has 7 nitrogen and oxygen atoms in total. The fourth-order valence-electron chi connectivity index (χ4n) is 2.13. The minimum atomic E-state index is -0.268. The van der Waals surface area contributed by atoms with Crippen LogP contribution in [0, 0.1) is 0 Å². The van der Waals surface area contributed by atoms with Gasteiger partial charge in [0.2, 0.25) is 0 Å². The van der Waals surface area contributed by atoms with Gasteiger partial charge in [0.1, 0.15) is 17.2 Å². The normalized spacial score (nSPS) is 10.4. The van der Waals surface area contributed by atoms with Gasteiger partial charge in [0, 0.05) is 12.1 Å².